The molecule has 2 aromatic rings. The fraction of sp³-hybridized carbons (Fsp3) is 0.389. The number of hydrogen-bond donors (Lipinski definition) is 2. The molecule has 0 radical (unpaired) electrons. The van der Waals surface area contributed by atoms with Crippen molar-refractivity contribution in [3.63, 3.8) is 0 Å². The van der Waals surface area contributed by atoms with Crippen molar-refractivity contribution < 1.29 is 4.79 Å². The SMILES string of the molecule is CCc1ccc(NC(=O)c2c(C)nc(C(C)(C)C)[nH]c2=O)cc1. The molecular weight excluding hydrogens is 290 g/mol. The second-order valence-electron chi connectivity index (χ2n) is 6.63. The van der Waals surface area contributed by atoms with E-state index < -0.39 is 11.5 Å². The molecule has 0 aliphatic rings. The lowest BCUT2D eigenvalue weighted by Crippen LogP contribution is -2.30. The minimum atomic E-state index is -0.444. The Morgan fingerprint density at radius 3 is 2.30 bits per heavy atom. The highest BCUT2D eigenvalue weighted by Crippen LogP contribution is 2.18. The van der Waals surface area contributed by atoms with Crippen LogP contribution in [0.2, 0.25) is 0 Å². The van der Waals surface area contributed by atoms with Gasteiger partial charge in [0.1, 0.15) is 11.4 Å². The molecule has 23 heavy (non-hydrogen) atoms. The van der Waals surface area contributed by atoms with Crippen molar-refractivity contribution in [2.45, 2.75) is 46.5 Å². The highest BCUT2D eigenvalue weighted by Gasteiger charge is 2.22. The monoisotopic (exact) mass is 313 g/mol. The van der Waals surface area contributed by atoms with Gasteiger partial charge in [0.05, 0.1) is 5.69 Å². The zero-order valence-corrected chi connectivity index (χ0v) is 14.3. The average Bonchev–Trinajstić information content (AvgIpc) is 2.46. The largest absolute Gasteiger partial charge is 0.322 e. The molecule has 0 spiro atoms. The fourth-order valence-electron chi connectivity index (χ4n) is 2.23. The second kappa shape index (κ2) is 6.36. The molecule has 122 valence electrons. The molecule has 0 atom stereocenters. The Morgan fingerprint density at radius 2 is 1.83 bits per heavy atom. The number of nitrogens with one attached hydrogen (secondary N) is 2. The van der Waals surface area contributed by atoms with Crippen molar-refractivity contribution in [2.24, 2.45) is 0 Å². The van der Waals surface area contributed by atoms with Gasteiger partial charge in [-0.3, -0.25) is 9.59 Å². The van der Waals surface area contributed by atoms with Crippen LogP contribution in [0.5, 0.6) is 0 Å². The number of aromatic nitrogens is 2. The van der Waals surface area contributed by atoms with E-state index in [1.807, 2.05) is 45.0 Å². The first-order valence-corrected chi connectivity index (χ1v) is 7.74. The molecule has 1 aromatic heterocycles. The van der Waals surface area contributed by atoms with Crippen LogP contribution in [0.3, 0.4) is 0 Å². The number of H-pyrrole nitrogens is 1. The van der Waals surface area contributed by atoms with Gasteiger partial charge in [-0.1, -0.05) is 39.8 Å². The van der Waals surface area contributed by atoms with Crippen LogP contribution in [0, 0.1) is 6.92 Å². The maximum Gasteiger partial charge on any atom is 0.264 e. The number of anilines is 1. The summed E-state index contributed by atoms with van der Waals surface area (Å²) in [4.78, 5) is 31.8. The molecule has 5 nitrogen and oxygen atoms in total. The first kappa shape index (κ1) is 16.9. The van der Waals surface area contributed by atoms with Gasteiger partial charge in [0.25, 0.3) is 11.5 Å². The van der Waals surface area contributed by atoms with Gasteiger partial charge in [0.15, 0.2) is 0 Å². The van der Waals surface area contributed by atoms with Crippen molar-refractivity contribution in [3.8, 4) is 0 Å². The molecule has 0 saturated heterocycles. The van der Waals surface area contributed by atoms with Gasteiger partial charge in [-0.2, -0.15) is 0 Å². The molecule has 0 aliphatic carbocycles. The van der Waals surface area contributed by atoms with Gasteiger partial charge in [-0.25, -0.2) is 4.98 Å². The molecule has 0 aliphatic heterocycles. The van der Waals surface area contributed by atoms with Crippen LogP contribution in [-0.2, 0) is 11.8 Å². The third-order valence-corrected chi connectivity index (χ3v) is 3.66. The van der Waals surface area contributed by atoms with E-state index in [0.29, 0.717) is 17.2 Å². The van der Waals surface area contributed by atoms with Crippen molar-refractivity contribution >= 4 is 11.6 Å². The molecule has 0 fully saturated rings. The van der Waals surface area contributed by atoms with Gasteiger partial charge in [0, 0.05) is 11.1 Å². The van der Waals surface area contributed by atoms with Gasteiger partial charge in [-0.15, -0.1) is 0 Å². The summed E-state index contributed by atoms with van der Waals surface area (Å²) in [7, 11) is 0. The summed E-state index contributed by atoms with van der Waals surface area (Å²) >= 11 is 0. The molecule has 2 N–H and O–H groups in total. The number of hydrogen-bond acceptors (Lipinski definition) is 3. The van der Waals surface area contributed by atoms with Crippen molar-refractivity contribution in [1.29, 1.82) is 0 Å². The van der Waals surface area contributed by atoms with Crippen LogP contribution >= 0.6 is 0 Å². The van der Waals surface area contributed by atoms with E-state index in [1.54, 1.807) is 6.92 Å². The summed E-state index contributed by atoms with van der Waals surface area (Å²) in [5.74, 6) is 0.129. The van der Waals surface area contributed by atoms with E-state index in [-0.39, 0.29) is 11.0 Å². The minimum absolute atomic E-state index is 0.0533. The predicted molar refractivity (Wildman–Crippen MR) is 92.1 cm³/mol. The number of nitrogens with zero attached hydrogens (tertiary/aromatic N) is 1. The highest BCUT2D eigenvalue weighted by molar-refractivity contribution is 6.04. The first-order chi connectivity index (χ1) is 10.7. The average molecular weight is 313 g/mol. The van der Waals surface area contributed by atoms with Crippen LogP contribution in [0.25, 0.3) is 0 Å². The molecule has 1 amide bonds. The van der Waals surface area contributed by atoms with E-state index in [1.165, 1.54) is 5.56 Å². The summed E-state index contributed by atoms with van der Waals surface area (Å²) < 4.78 is 0. The maximum atomic E-state index is 12.4. The molecule has 0 saturated carbocycles. The molecule has 5 heteroatoms. The Bertz CT molecular complexity index is 768. The Hall–Kier alpha value is -2.43. The Labute approximate surface area is 136 Å². The number of amides is 1. The molecule has 2 rings (SSSR count). The Morgan fingerprint density at radius 1 is 1.22 bits per heavy atom. The molecular formula is C18H23N3O2. The summed E-state index contributed by atoms with van der Waals surface area (Å²) in [6.45, 7) is 9.62. The van der Waals surface area contributed by atoms with Crippen LogP contribution in [-0.4, -0.2) is 15.9 Å². The first-order valence-electron chi connectivity index (χ1n) is 7.74. The summed E-state index contributed by atoms with van der Waals surface area (Å²) in [5, 5.41) is 2.75. The number of aryl methyl sites for hydroxylation is 2. The van der Waals surface area contributed by atoms with E-state index >= 15 is 0 Å². The Kier molecular flexibility index (Phi) is 4.68. The lowest BCUT2D eigenvalue weighted by Gasteiger charge is -2.18. The topological polar surface area (TPSA) is 74.8 Å². The van der Waals surface area contributed by atoms with Gasteiger partial charge >= 0.3 is 0 Å². The van der Waals surface area contributed by atoms with Crippen molar-refractivity contribution in [1.82, 2.24) is 9.97 Å². The molecule has 1 aromatic carbocycles. The zero-order valence-electron chi connectivity index (χ0n) is 14.3. The number of carbonyl (C=O) groups excluding carboxylic acids is 1. The molecule has 0 bridgehead atoms. The standard InChI is InChI=1S/C18H23N3O2/c1-6-12-7-9-13(10-8-12)20-15(22)14-11(2)19-17(18(3,4)5)21-16(14)23/h7-10H,6H2,1-5H3,(H,20,22)(H,19,21,23). The van der Waals surface area contributed by atoms with E-state index in [4.69, 9.17) is 0 Å². The summed E-state index contributed by atoms with van der Waals surface area (Å²) in [5.41, 5.74) is 1.64. The summed E-state index contributed by atoms with van der Waals surface area (Å²) in [6, 6.07) is 7.57. The lowest BCUT2D eigenvalue weighted by molar-refractivity contribution is 0.102. The number of carbonyl (C=O) groups is 1. The van der Waals surface area contributed by atoms with Crippen LogP contribution in [0.15, 0.2) is 29.1 Å². The molecule has 1 heterocycles. The van der Waals surface area contributed by atoms with Crippen molar-refractivity contribution in [3.05, 3.63) is 57.3 Å². The highest BCUT2D eigenvalue weighted by atomic mass is 16.2. The molecule has 0 unspecified atom stereocenters. The third kappa shape index (κ3) is 3.86. The second-order valence-corrected chi connectivity index (χ2v) is 6.63. The van der Waals surface area contributed by atoms with Crippen LogP contribution in [0.1, 0.15) is 55.1 Å². The van der Waals surface area contributed by atoms with Gasteiger partial charge < -0.3 is 10.3 Å². The minimum Gasteiger partial charge on any atom is -0.322 e. The van der Waals surface area contributed by atoms with Gasteiger partial charge in [-0.05, 0) is 31.0 Å². The van der Waals surface area contributed by atoms with E-state index in [9.17, 15) is 9.59 Å². The predicted octanol–water partition coefficient (Wildman–Crippen LogP) is 3.19. The van der Waals surface area contributed by atoms with Gasteiger partial charge in [0.2, 0.25) is 0 Å². The smallest absolute Gasteiger partial charge is 0.264 e. The number of rotatable bonds is 3. The summed E-state index contributed by atoms with van der Waals surface area (Å²) in [6.07, 6.45) is 0.936. The maximum absolute atomic E-state index is 12.4. The number of aromatic amines is 1. The normalized spacial score (nSPS) is 11.3. The van der Waals surface area contributed by atoms with Crippen LogP contribution in [0.4, 0.5) is 5.69 Å². The van der Waals surface area contributed by atoms with E-state index in [0.717, 1.165) is 6.42 Å². The van der Waals surface area contributed by atoms with Crippen LogP contribution < -0.4 is 10.9 Å². The number of benzene rings is 1. The zero-order chi connectivity index (χ0) is 17.2. The Balaban J connectivity index is 2.30. The van der Waals surface area contributed by atoms with E-state index in [2.05, 4.69) is 22.2 Å². The lowest BCUT2D eigenvalue weighted by atomic mass is 9.95. The van der Waals surface area contributed by atoms with Crippen molar-refractivity contribution in [2.75, 3.05) is 5.32 Å². The quantitative estimate of drug-likeness (QED) is 0.914. The third-order valence-electron chi connectivity index (χ3n) is 3.66. The fourth-order valence-corrected chi connectivity index (χ4v) is 2.23.